The molecule has 1 rings (SSSR count). The van der Waals surface area contributed by atoms with Gasteiger partial charge in [-0.15, -0.1) is 0 Å². The SMILES string of the molecule is CC(CCC(=O)O)COC(=O)N1CCOCC1. The molecule has 17 heavy (non-hydrogen) atoms. The summed E-state index contributed by atoms with van der Waals surface area (Å²) in [7, 11) is 0. The third-order valence-electron chi connectivity index (χ3n) is 2.61. The molecule has 1 aliphatic heterocycles. The van der Waals surface area contributed by atoms with E-state index in [0.29, 0.717) is 32.7 Å². The summed E-state index contributed by atoms with van der Waals surface area (Å²) >= 11 is 0. The molecular weight excluding hydrogens is 226 g/mol. The van der Waals surface area contributed by atoms with Gasteiger partial charge in [0.1, 0.15) is 0 Å². The van der Waals surface area contributed by atoms with Gasteiger partial charge in [-0.2, -0.15) is 0 Å². The van der Waals surface area contributed by atoms with E-state index in [0.717, 1.165) is 0 Å². The number of nitrogens with zero attached hydrogens (tertiary/aromatic N) is 1. The second kappa shape index (κ2) is 7.11. The van der Waals surface area contributed by atoms with Gasteiger partial charge < -0.3 is 19.5 Å². The van der Waals surface area contributed by atoms with E-state index in [4.69, 9.17) is 14.6 Å². The summed E-state index contributed by atoms with van der Waals surface area (Å²) < 4.78 is 10.2. The molecule has 0 aromatic carbocycles. The van der Waals surface area contributed by atoms with Crippen LogP contribution in [-0.2, 0) is 14.3 Å². The van der Waals surface area contributed by atoms with E-state index in [1.165, 1.54) is 0 Å². The molecule has 1 saturated heterocycles. The summed E-state index contributed by atoms with van der Waals surface area (Å²) in [6.45, 7) is 4.34. The van der Waals surface area contributed by atoms with Crippen molar-refractivity contribution in [1.82, 2.24) is 4.90 Å². The van der Waals surface area contributed by atoms with E-state index < -0.39 is 5.97 Å². The highest BCUT2D eigenvalue weighted by molar-refractivity contribution is 5.67. The highest BCUT2D eigenvalue weighted by Gasteiger charge is 2.18. The number of carboxylic acid groups (broad SMARTS) is 1. The average molecular weight is 245 g/mol. The maximum absolute atomic E-state index is 11.6. The molecule has 1 aliphatic rings. The van der Waals surface area contributed by atoms with Crippen LogP contribution in [-0.4, -0.2) is 55.0 Å². The number of carbonyl (C=O) groups excluding carboxylic acids is 1. The zero-order valence-corrected chi connectivity index (χ0v) is 10.1. The van der Waals surface area contributed by atoms with Gasteiger partial charge in [0.15, 0.2) is 0 Å². The predicted octanol–water partition coefficient (Wildman–Crippen LogP) is 0.956. The molecule has 1 fully saturated rings. The first-order valence-corrected chi connectivity index (χ1v) is 5.81. The summed E-state index contributed by atoms with van der Waals surface area (Å²) in [6.07, 6.45) is 0.289. The number of carboxylic acids is 1. The lowest BCUT2D eigenvalue weighted by Gasteiger charge is -2.26. The monoisotopic (exact) mass is 245 g/mol. The van der Waals surface area contributed by atoms with Crippen LogP contribution in [0.2, 0.25) is 0 Å². The number of carbonyl (C=O) groups is 2. The number of amides is 1. The average Bonchev–Trinajstić information content (AvgIpc) is 2.34. The third kappa shape index (κ3) is 5.53. The van der Waals surface area contributed by atoms with Crippen LogP contribution in [0.4, 0.5) is 4.79 Å². The number of ether oxygens (including phenoxy) is 2. The number of morpholine rings is 1. The van der Waals surface area contributed by atoms with Gasteiger partial charge in [0, 0.05) is 19.5 Å². The number of hydrogen-bond donors (Lipinski definition) is 1. The first-order chi connectivity index (χ1) is 8.09. The van der Waals surface area contributed by atoms with Gasteiger partial charge in [-0.25, -0.2) is 4.79 Å². The molecule has 1 N–H and O–H groups in total. The van der Waals surface area contributed by atoms with Crippen molar-refractivity contribution < 1.29 is 24.2 Å². The van der Waals surface area contributed by atoms with Gasteiger partial charge in [0.05, 0.1) is 19.8 Å². The van der Waals surface area contributed by atoms with Crippen molar-refractivity contribution in [3.63, 3.8) is 0 Å². The molecule has 0 aliphatic carbocycles. The first-order valence-electron chi connectivity index (χ1n) is 5.81. The Balaban J connectivity index is 2.15. The summed E-state index contributed by atoms with van der Waals surface area (Å²) in [4.78, 5) is 23.5. The van der Waals surface area contributed by atoms with Crippen molar-refractivity contribution in [3.8, 4) is 0 Å². The molecule has 6 heteroatoms. The lowest BCUT2D eigenvalue weighted by Crippen LogP contribution is -2.41. The molecule has 98 valence electrons. The van der Waals surface area contributed by atoms with Crippen LogP contribution in [0.25, 0.3) is 0 Å². The van der Waals surface area contributed by atoms with Crippen molar-refractivity contribution >= 4 is 12.1 Å². The molecule has 0 radical (unpaired) electrons. The zero-order valence-electron chi connectivity index (χ0n) is 10.1. The topological polar surface area (TPSA) is 76.1 Å². The Morgan fingerprint density at radius 1 is 1.41 bits per heavy atom. The fourth-order valence-electron chi connectivity index (χ4n) is 1.50. The maximum Gasteiger partial charge on any atom is 0.409 e. The molecular formula is C11H19NO5. The smallest absolute Gasteiger partial charge is 0.409 e. The van der Waals surface area contributed by atoms with Gasteiger partial charge >= 0.3 is 12.1 Å². The van der Waals surface area contributed by atoms with E-state index in [2.05, 4.69) is 0 Å². The van der Waals surface area contributed by atoms with Crippen LogP contribution in [0.1, 0.15) is 19.8 Å². The first kappa shape index (κ1) is 13.8. The molecule has 1 unspecified atom stereocenters. The second-order valence-electron chi connectivity index (χ2n) is 4.21. The molecule has 1 amide bonds. The van der Waals surface area contributed by atoms with E-state index in [1.807, 2.05) is 6.92 Å². The molecule has 0 spiro atoms. The van der Waals surface area contributed by atoms with Crippen molar-refractivity contribution in [3.05, 3.63) is 0 Å². The number of aliphatic carboxylic acids is 1. The van der Waals surface area contributed by atoms with Crippen molar-refractivity contribution in [2.75, 3.05) is 32.9 Å². The Hall–Kier alpha value is -1.30. The highest BCUT2D eigenvalue weighted by atomic mass is 16.6. The normalized spacial score (nSPS) is 17.6. The molecule has 0 saturated carbocycles. The maximum atomic E-state index is 11.6. The molecule has 0 bridgehead atoms. The van der Waals surface area contributed by atoms with Gasteiger partial charge in [-0.05, 0) is 12.3 Å². The Morgan fingerprint density at radius 2 is 2.06 bits per heavy atom. The standard InChI is InChI=1S/C11H19NO5/c1-9(2-3-10(13)14)8-17-11(15)12-4-6-16-7-5-12/h9H,2-8H2,1H3,(H,13,14). The Morgan fingerprint density at radius 3 is 2.65 bits per heavy atom. The second-order valence-corrected chi connectivity index (χ2v) is 4.21. The van der Waals surface area contributed by atoms with Crippen LogP contribution in [0.15, 0.2) is 0 Å². The highest BCUT2D eigenvalue weighted by Crippen LogP contribution is 2.08. The minimum atomic E-state index is -0.823. The third-order valence-corrected chi connectivity index (χ3v) is 2.61. The van der Waals surface area contributed by atoms with Crippen molar-refractivity contribution in [1.29, 1.82) is 0 Å². The molecule has 0 aromatic heterocycles. The Labute approximate surface area is 100 Å². The van der Waals surface area contributed by atoms with E-state index in [-0.39, 0.29) is 25.0 Å². The van der Waals surface area contributed by atoms with Crippen LogP contribution in [0.5, 0.6) is 0 Å². The van der Waals surface area contributed by atoms with E-state index in [9.17, 15) is 9.59 Å². The largest absolute Gasteiger partial charge is 0.481 e. The van der Waals surface area contributed by atoms with Crippen LogP contribution >= 0.6 is 0 Å². The van der Waals surface area contributed by atoms with E-state index in [1.54, 1.807) is 4.90 Å². The summed E-state index contributed by atoms with van der Waals surface area (Å²) in [5.41, 5.74) is 0. The van der Waals surface area contributed by atoms with Crippen LogP contribution < -0.4 is 0 Å². The summed E-state index contributed by atoms with van der Waals surface area (Å²) in [5.74, 6) is -0.757. The summed E-state index contributed by atoms with van der Waals surface area (Å²) in [5, 5.41) is 8.51. The van der Waals surface area contributed by atoms with Crippen molar-refractivity contribution in [2.24, 2.45) is 5.92 Å². The van der Waals surface area contributed by atoms with Gasteiger partial charge in [-0.1, -0.05) is 6.92 Å². The molecule has 6 nitrogen and oxygen atoms in total. The minimum absolute atomic E-state index is 0.0658. The summed E-state index contributed by atoms with van der Waals surface area (Å²) in [6, 6.07) is 0. The molecule has 1 heterocycles. The lowest BCUT2D eigenvalue weighted by molar-refractivity contribution is -0.137. The predicted molar refractivity (Wildman–Crippen MR) is 59.8 cm³/mol. The number of rotatable bonds is 5. The Kier molecular flexibility index (Phi) is 5.76. The van der Waals surface area contributed by atoms with Gasteiger partial charge in [0.25, 0.3) is 0 Å². The zero-order chi connectivity index (χ0) is 12.7. The fraction of sp³-hybridized carbons (Fsp3) is 0.818. The Bertz CT molecular complexity index is 263. The van der Waals surface area contributed by atoms with Gasteiger partial charge in [-0.3, -0.25) is 4.79 Å². The quantitative estimate of drug-likeness (QED) is 0.780. The van der Waals surface area contributed by atoms with E-state index >= 15 is 0 Å². The minimum Gasteiger partial charge on any atom is -0.481 e. The lowest BCUT2D eigenvalue weighted by atomic mass is 10.1. The fourth-order valence-corrected chi connectivity index (χ4v) is 1.50. The number of hydrogen-bond acceptors (Lipinski definition) is 4. The molecule has 1 atom stereocenters. The van der Waals surface area contributed by atoms with Crippen molar-refractivity contribution in [2.45, 2.75) is 19.8 Å². The van der Waals surface area contributed by atoms with Gasteiger partial charge in [0.2, 0.25) is 0 Å². The molecule has 0 aromatic rings. The van der Waals surface area contributed by atoms with Crippen LogP contribution in [0.3, 0.4) is 0 Å². The van der Waals surface area contributed by atoms with Crippen LogP contribution in [0, 0.1) is 5.92 Å².